The number of nitrogens with two attached hydrogens (primary N) is 2. The molecule has 3 aromatic rings. The van der Waals surface area contributed by atoms with Crippen LogP contribution in [0.2, 0.25) is 0 Å². The summed E-state index contributed by atoms with van der Waals surface area (Å²) in [5, 5.41) is 12.3. The highest BCUT2D eigenvalue weighted by atomic mass is 32.1. The third kappa shape index (κ3) is 11.7. The lowest BCUT2D eigenvalue weighted by Gasteiger charge is -2.27. The lowest BCUT2D eigenvalue weighted by Crippen LogP contribution is -2.52. The Morgan fingerprint density at radius 1 is 0.875 bits per heavy atom. The third-order valence-corrected chi connectivity index (χ3v) is 10.8. The van der Waals surface area contributed by atoms with Crippen molar-refractivity contribution in [3.8, 4) is 0 Å². The van der Waals surface area contributed by atoms with Crippen molar-refractivity contribution in [3.63, 3.8) is 0 Å². The zero-order valence-electron chi connectivity index (χ0n) is 32.1. The van der Waals surface area contributed by atoms with Crippen LogP contribution >= 0.6 is 11.3 Å². The molecule has 296 valence electrons. The normalized spacial score (nSPS) is 17.8. The number of amides is 3. The number of thiazole rings is 1. The molecule has 0 saturated carbocycles. The van der Waals surface area contributed by atoms with Gasteiger partial charge in [0.25, 0.3) is 0 Å². The van der Waals surface area contributed by atoms with Gasteiger partial charge in [0.05, 0.1) is 28.3 Å². The van der Waals surface area contributed by atoms with E-state index in [0.717, 1.165) is 15.8 Å². The Kier molecular flexibility index (Phi) is 14.7. The molecular formula is C42H52N8O5S. The lowest BCUT2D eigenvalue weighted by molar-refractivity contribution is -0.133. The minimum atomic E-state index is -0.955. The summed E-state index contributed by atoms with van der Waals surface area (Å²) in [4.78, 5) is 77.3. The second-order valence-electron chi connectivity index (χ2n) is 14.8. The number of nitrogens with zero attached hydrogens (tertiary/aromatic N) is 2. The maximum Gasteiger partial charge on any atom is 0.243 e. The molecule has 1 aliphatic carbocycles. The van der Waals surface area contributed by atoms with Crippen LogP contribution in [0, 0.1) is 17.8 Å². The van der Waals surface area contributed by atoms with Gasteiger partial charge in [-0.25, -0.2) is 4.98 Å². The molecule has 2 aromatic carbocycles. The number of allylic oxidation sites excluding steroid dienone is 2. The molecule has 0 saturated heterocycles. The van der Waals surface area contributed by atoms with Crippen molar-refractivity contribution >= 4 is 56.8 Å². The molecule has 2 unspecified atom stereocenters. The molecule has 56 heavy (non-hydrogen) atoms. The number of rotatable bonds is 20. The fraction of sp³-hybridized carbons (Fsp3) is 0.405. The molecule has 0 spiro atoms. The van der Waals surface area contributed by atoms with Crippen molar-refractivity contribution in [3.05, 3.63) is 101 Å². The fourth-order valence-electron chi connectivity index (χ4n) is 7.05. The van der Waals surface area contributed by atoms with E-state index < -0.39 is 35.9 Å². The van der Waals surface area contributed by atoms with Crippen LogP contribution < -0.4 is 32.7 Å². The van der Waals surface area contributed by atoms with E-state index in [4.69, 9.17) is 11.5 Å². The van der Waals surface area contributed by atoms with Crippen molar-refractivity contribution in [1.29, 1.82) is 0 Å². The van der Waals surface area contributed by atoms with E-state index in [2.05, 4.69) is 37.3 Å². The lowest BCUT2D eigenvalue weighted by atomic mass is 9.87. The van der Waals surface area contributed by atoms with Gasteiger partial charge in [0.1, 0.15) is 6.04 Å². The first-order chi connectivity index (χ1) is 26.9. The number of hydrogen-bond acceptors (Lipinski definition) is 9. The number of aliphatic imine (C=N–C) groups is 1. The van der Waals surface area contributed by atoms with E-state index in [1.165, 1.54) is 18.3 Å². The van der Waals surface area contributed by atoms with Crippen LogP contribution in [0.1, 0.15) is 68.2 Å². The van der Waals surface area contributed by atoms with Gasteiger partial charge in [-0.05, 0) is 67.5 Å². The number of guanidine groups is 1. The van der Waals surface area contributed by atoms with Gasteiger partial charge >= 0.3 is 0 Å². The molecule has 2 aliphatic rings. The summed E-state index contributed by atoms with van der Waals surface area (Å²) in [5.74, 6) is -2.87. The van der Waals surface area contributed by atoms with Gasteiger partial charge in [-0.1, -0.05) is 80.6 Å². The van der Waals surface area contributed by atoms with Gasteiger partial charge in [0, 0.05) is 31.7 Å². The van der Waals surface area contributed by atoms with Crippen molar-refractivity contribution in [2.75, 3.05) is 6.54 Å². The summed E-state index contributed by atoms with van der Waals surface area (Å²) in [6.45, 7) is 5.51. The summed E-state index contributed by atoms with van der Waals surface area (Å²) in [5.41, 5.74) is 13.5. The Balaban J connectivity index is 1.35. The van der Waals surface area contributed by atoms with Crippen molar-refractivity contribution in [2.24, 2.45) is 34.2 Å². The quantitative estimate of drug-likeness (QED) is 0.0425. The molecule has 0 bridgehead atoms. The molecule has 5 rings (SSSR count). The van der Waals surface area contributed by atoms with Gasteiger partial charge in [-0.3, -0.25) is 29.0 Å². The molecule has 0 fully saturated rings. The average Bonchev–Trinajstić information content (AvgIpc) is 3.79. The molecule has 8 N–H and O–H groups in total. The molecule has 13 nitrogen and oxygen atoms in total. The van der Waals surface area contributed by atoms with Gasteiger partial charge in [-0.15, -0.1) is 11.3 Å². The maximum absolute atomic E-state index is 14.3. The molecule has 2 heterocycles. The Morgan fingerprint density at radius 2 is 1.59 bits per heavy atom. The van der Waals surface area contributed by atoms with Crippen LogP contribution in [0.5, 0.6) is 0 Å². The second kappa shape index (κ2) is 19.8. The Hall–Kier alpha value is -5.63. The van der Waals surface area contributed by atoms with E-state index in [1.807, 2.05) is 92.9 Å². The number of nitrogens with one attached hydrogen (secondary N) is 4. The SMILES string of the molecule is CC(=O)N[C@@H](CC1=CNC2C=CC=CC12)C(=O)N[C@@H](CC(C)C)C(=O)C[C@@H](Cc1ccccc1)C(=O)N[C@@H](CCCN=C(N)N)C(=O)c1nc2ccccc2s1. The van der Waals surface area contributed by atoms with Crippen LogP contribution in [0.4, 0.5) is 0 Å². The monoisotopic (exact) mass is 780 g/mol. The highest BCUT2D eigenvalue weighted by molar-refractivity contribution is 7.20. The van der Waals surface area contributed by atoms with E-state index in [0.29, 0.717) is 18.4 Å². The van der Waals surface area contributed by atoms with Crippen molar-refractivity contribution in [1.82, 2.24) is 26.3 Å². The van der Waals surface area contributed by atoms with Gasteiger partial charge in [0.15, 0.2) is 16.8 Å². The van der Waals surface area contributed by atoms with Crippen LogP contribution in [0.15, 0.2) is 95.7 Å². The Bertz CT molecular complexity index is 1970. The number of fused-ring (bicyclic) bond motifs is 2. The second-order valence-corrected chi connectivity index (χ2v) is 15.8. The van der Waals surface area contributed by atoms with Gasteiger partial charge in [0.2, 0.25) is 23.5 Å². The smallest absolute Gasteiger partial charge is 0.243 e. The van der Waals surface area contributed by atoms with E-state index in [9.17, 15) is 24.0 Å². The first-order valence-corrected chi connectivity index (χ1v) is 19.9. The summed E-state index contributed by atoms with van der Waals surface area (Å²) in [7, 11) is 0. The number of aromatic nitrogens is 1. The number of Topliss-reactive ketones (excluding diaryl/α,β-unsaturated/α-hetero) is 2. The number of ketones is 2. The molecular weight excluding hydrogens is 729 g/mol. The van der Waals surface area contributed by atoms with E-state index in [1.54, 1.807) is 0 Å². The minimum absolute atomic E-state index is 0.0209. The summed E-state index contributed by atoms with van der Waals surface area (Å²) in [6, 6.07) is 14.0. The van der Waals surface area contributed by atoms with Gasteiger partial charge < -0.3 is 32.7 Å². The fourth-order valence-corrected chi connectivity index (χ4v) is 8.01. The minimum Gasteiger partial charge on any atom is -0.384 e. The predicted octanol–water partition coefficient (Wildman–Crippen LogP) is 3.86. The molecule has 6 atom stereocenters. The molecule has 14 heteroatoms. The topological polar surface area (TPSA) is 211 Å². The van der Waals surface area contributed by atoms with E-state index in [-0.39, 0.29) is 78.5 Å². The standard InChI is InChI=1S/C42H52N8O5S/c1-25(2)20-34(49-40(55)35(47-26(3)51)22-29-24-46-31-15-8-7-14-30(29)31)36(52)23-28(21-27-12-5-4-6-13-27)39(54)48-33(17-11-19-45-42(43)44)38(53)41-50-32-16-9-10-18-37(32)56-41/h4-10,12-16,18,24-25,28,30-31,33-35,46H,11,17,19-23H2,1-3H3,(H,47,51)(H,48,54)(H,49,55)(H4,43,44,45)/t28-,30?,31?,33+,34+,35+/m1/s1. The number of para-hydroxylation sites is 1. The number of carbonyl (C=O) groups excluding carboxylic acids is 5. The first-order valence-electron chi connectivity index (χ1n) is 19.1. The third-order valence-electron chi connectivity index (χ3n) is 9.80. The number of hydrogen-bond donors (Lipinski definition) is 6. The highest BCUT2D eigenvalue weighted by Gasteiger charge is 2.35. The summed E-state index contributed by atoms with van der Waals surface area (Å²) in [6.07, 6.45) is 11.2. The summed E-state index contributed by atoms with van der Waals surface area (Å²) < 4.78 is 0.844. The average molecular weight is 781 g/mol. The molecule has 1 aliphatic heterocycles. The van der Waals surface area contributed by atoms with Crippen LogP contribution in [-0.4, -0.2) is 70.9 Å². The highest BCUT2D eigenvalue weighted by Crippen LogP contribution is 2.30. The van der Waals surface area contributed by atoms with Crippen LogP contribution in [0.3, 0.4) is 0 Å². The largest absolute Gasteiger partial charge is 0.384 e. The first kappa shape index (κ1) is 41.5. The predicted molar refractivity (Wildman–Crippen MR) is 219 cm³/mol. The summed E-state index contributed by atoms with van der Waals surface area (Å²) >= 11 is 1.25. The zero-order valence-corrected chi connectivity index (χ0v) is 32.9. The van der Waals surface area contributed by atoms with Crippen LogP contribution in [0.25, 0.3) is 10.2 Å². The zero-order chi connectivity index (χ0) is 40.2. The van der Waals surface area contributed by atoms with Crippen molar-refractivity contribution < 1.29 is 24.0 Å². The number of benzene rings is 2. The van der Waals surface area contributed by atoms with E-state index >= 15 is 0 Å². The van der Waals surface area contributed by atoms with Crippen LogP contribution in [-0.2, 0) is 25.6 Å². The number of carbonyl (C=O) groups is 5. The van der Waals surface area contributed by atoms with Crippen molar-refractivity contribution in [2.45, 2.75) is 83.5 Å². The van der Waals surface area contributed by atoms with Gasteiger partial charge in [-0.2, -0.15) is 0 Å². The molecule has 1 aromatic heterocycles. The Morgan fingerprint density at radius 3 is 2.30 bits per heavy atom. The Labute approximate surface area is 331 Å². The molecule has 0 radical (unpaired) electrons. The maximum atomic E-state index is 14.3. The molecule has 3 amide bonds.